The summed E-state index contributed by atoms with van der Waals surface area (Å²) in [6.45, 7) is 5.92. The van der Waals surface area contributed by atoms with Crippen LogP contribution in [0.4, 0.5) is 0 Å². The fourth-order valence-electron chi connectivity index (χ4n) is 0.809. The number of carbonyl (C=O) groups is 1. The zero-order chi connectivity index (χ0) is 9.19. The Morgan fingerprint density at radius 2 is 2.17 bits per heavy atom. The predicted molar refractivity (Wildman–Crippen MR) is 49.2 cm³/mol. The van der Waals surface area contributed by atoms with E-state index in [1.54, 1.807) is 0 Å². The van der Waals surface area contributed by atoms with Crippen LogP contribution >= 0.6 is 0 Å². The van der Waals surface area contributed by atoms with Crippen LogP contribution in [0.2, 0.25) is 0 Å². The van der Waals surface area contributed by atoms with Crippen molar-refractivity contribution in [2.75, 3.05) is 0 Å². The minimum absolute atomic E-state index is 0.183. The number of ether oxygens (including phenoxy) is 1. The van der Waals surface area contributed by atoms with Gasteiger partial charge >= 0.3 is 77.9 Å². The molecule has 1 aromatic rings. The molecular weight excluding hydrogens is 219 g/mol. The minimum atomic E-state index is -0.214. The van der Waals surface area contributed by atoms with Gasteiger partial charge in [-0.05, 0) is 0 Å². The van der Waals surface area contributed by atoms with E-state index in [1.165, 1.54) is 0 Å². The van der Waals surface area contributed by atoms with Crippen molar-refractivity contribution in [2.45, 2.75) is 26.4 Å². The van der Waals surface area contributed by atoms with E-state index >= 15 is 0 Å². The molecule has 0 N–H and O–H groups in total. The molecule has 0 unspecified atom stereocenters. The van der Waals surface area contributed by atoms with Gasteiger partial charge < -0.3 is 0 Å². The van der Waals surface area contributed by atoms with Crippen LogP contribution in [0.15, 0.2) is 11.0 Å². The van der Waals surface area contributed by atoms with Crippen molar-refractivity contribution >= 4 is 20.8 Å². The van der Waals surface area contributed by atoms with E-state index in [-0.39, 0.29) is 20.1 Å². The molecule has 0 aliphatic heterocycles. The van der Waals surface area contributed by atoms with Gasteiger partial charge in [-0.25, -0.2) is 0 Å². The van der Waals surface area contributed by atoms with E-state index in [1.807, 2.05) is 31.8 Å². The summed E-state index contributed by atoms with van der Waals surface area (Å²) in [5.41, 5.74) is -0.214. The number of hydrogen-bond acceptors (Lipinski definition) is 2. The first kappa shape index (κ1) is 9.56. The molecule has 0 aliphatic rings. The quantitative estimate of drug-likeness (QED) is 0.572. The van der Waals surface area contributed by atoms with Crippen LogP contribution in [0.1, 0.15) is 30.0 Å². The van der Waals surface area contributed by atoms with Gasteiger partial charge in [-0.1, -0.05) is 0 Å². The molecule has 0 aromatic carbocycles. The number of rotatable bonds is 2. The van der Waals surface area contributed by atoms with Gasteiger partial charge in [0.15, 0.2) is 0 Å². The van der Waals surface area contributed by atoms with Crippen molar-refractivity contribution < 1.29 is 9.53 Å². The molecule has 1 heterocycles. The normalized spacial score (nSPS) is 11.2. The Morgan fingerprint density at radius 1 is 1.50 bits per heavy atom. The number of hydrogen-bond donors (Lipinski definition) is 0. The molecule has 0 amide bonds. The summed E-state index contributed by atoms with van der Waals surface area (Å²) in [4.78, 5) is 12.5. The van der Waals surface area contributed by atoms with Crippen LogP contribution in [0.3, 0.4) is 0 Å². The second-order valence-electron chi connectivity index (χ2n) is 3.48. The summed E-state index contributed by atoms with van der Waals surface area (Å²) in [7, 11) is 0. The summed E-state index contributed by atoms with van der Waals surface area (Å²) in [6.07, 6.45) is 0.890. The van der Waals surface area contributed by atoms with Crippen LogP contribution in [0.5, 0.6) is 5.75 Å². The van der Waals surface area contributed by atoms with Gasteiger partial charge in [-0.15, -0.1) is 0 Å². The summed E-state index contributed by atoms with van der Waals surface area (Å²) in [5.74, 6) is 0.748. The van der Waals surface area contributed by atoms with Crippen molar-refractivity contribution in [1.29, 1.82) is 0 Å². The Kier molecular flexibility index (Phi) is 2.76. The van der Waals surface area contributed by atoms with Crippen LogP contribution in [-0.4, -0.2) is 26.4 Å². The molecule has 0 saturated heterocycles. The summed E-state index contributed by atoms with van der Waals surface area (Å²) in [6, 6.07) is 1.88. The Labute approximate surface area is 78.3 Å². The first-order chi connectivity index (χ1) is 5.53. The average Bonchev–Trinajstić information content (AvgIpc) is 2.31. The molecule has 0 radical (unpaired) electrons. The molecule has 3 heteroatoms. The molecule has 0 aliphatic carbocycles. The second-order valence-corrected chi connectivity index (χ2v) is 5.47. The van der Waals surface area contributed by atoms with E-state index in [9.17, 15) is 4.79 Å². The van der Waals surface area contributed by atoms with E-state index < -0.39 is 0 Å². The van der Waals surface area contributed by atoms with Gasteiger partial charge in [0.1, 0.15) is 0 Å². The van der Waals surface area contributed by atoms with Gasteiger partial charge in [0.05, 0.1) is 0 Å². The van der Waals surface area contributed by atoms with Crippen molar-refractivity contribution in [3.8, 4) is 5.75 Å². The molecule has 0 bridgehead atoms. The summed E-state index contributed by atoms with van der Waals surface area (Å²) >= 11 is 0.183. The molecule has 12 heavy (non-hydrogen) atoms. The van der Waals surface area contributed by atoms with Gasteiger partial charge in [-0.2, -0.15) is 0 Å². The Morgan fingerprint density at radius 3 is 2.67 bits per heavy atom. The molecule has 2 nitrogen and oxygen atoms in total. The van der Waals surface area contributed by atoms with Crippen LogP contribution in [-0.2, 0) is 0 Å². The molecule has 0 saturated carbocycles. The molecule has 1 aromatic heterocycles. The number of carbonyl (C=O) groups excluding carboxylic acids is 1. The maximum atomic E-state index is 10.5. The van der Waals surface area contributed by atoms with Gasteiger partial charge in [-0.3, -0.25) is 0 Å². The molecule has 0 spiro atoms. The van der Waals surface area contributed by atoms with E-state index in [4.69, 9.17) is 4.74 Å². The maximum absolute atomic E-state index is 10.5. The third kappa shape index (κ3) is 2.50. The van der Waals surface area contributed by atoms with Crippen LogP contribution in [0, 0.1) is 0 Å². The average molecular weight is 231 g/mol. The molecule has 0 fully saturated rings. The monoisotopic (exact) mass is 232 g/mol. The number of aldehydes is 1. The SMILES string of the molecule is CC(C)(C)Oc1cc[se]c1C=O. The topological polar surface area (TPSA) is 26.3 Å². The third-order valence-electron chi connectivity index (χ3n) is 1.18. The Balaban J connectivity index is 2.81. The Bertz CT molecular complexity index is 270. The van der Waals surface area contributed by atoms with Gasteiger partial charge in [0.2, 0.25) is 0 Å². The van der Waals surface area contributed by atoms with Crippen LogP contribution < -0.4 is 4.74 Å². The van der Waals surface area contributed by atoms with Gasteiger partial charge in [0.25, 0.3) is 0 Å². The van der Waals surface area contributed by atoms with E-state index in [0.717, 1.165) is 16.5 Å². The summed E-state index contributed by atoms with van der Waals surface area (Å²) < 4.78 is 6.38. The molecule has 1 rings (SSSR count). The Hall–Kier alpha value is -0.531. The first-order valence-corrected chi connectivity index (χ1v) is 5.59. The van der Waals surface area contributed by atoms with E-state index in [0.29, 0.717) is 0 Å². The summed E-state index contributed by atoms with van der Waals surface area (Å²) in [5, 5.41) is 0. The second kappa shape index (κ2) is 3.46. The zero-order valence-electron chi connectivity index (χ0n) is 7.46. The molecule has 0 atom stereocenters. The molecule has 66 valence electrons. The van der Waals surface area contributed by atoms with Gasteiger partial charge in [0, 0.05) is 0 Å². The fraction of sp³-hybridized carbons (Fsp3) is 0.444. The predicted octanol–water partition coefficient (Wildman–Crippen LogP) is 1.73. The fourth-order valence-corrected chi connectivity index (χ4v) is 2.11. The standard InChI is InChI=1S/C9H12O2Se/c1-9(2,3)11-7-4-5-12-8(7)6-10/h4-6H,1-3H3. The third-order valence-corrected chi connectivity index (χ3v) is 2.91. The zero-order valence-corrected chi connectivity index (χ0v) is 9.17. The van der Waals surface area contributed by atoms with Crippen molar-refractivity contribution in [3.05, 3.63) is 15.4 Å². The van der Waals surface area contributed by atoms with E-state index in [2.05, 4.69) is 0 Å². The van der Waals surface area contributed by atoms with Crippen molar-refractivity contribution in [2.24, 2.45) is 0 Å². The first-order valence-electron chi connectivity index (χ1n) is 3.74. The van der Waals surface area contributed by atoms with Crippen LogP contribution in [0.25, 0.3) is 0 Å². The van der Waals surface area contributed by atoms with Crippen molar-refractivity contribution in [1.82, 2.24) is 0 Å². The molecular formula is C9H12O2Se. The van der Waals surface area contributed by atoms with Crippen molar-refractivity contribution in [3.63, 3.8) is 0 Å².